The summed E-state index contributed by atoms with van der Waals surface area (Å²) in [5.41, 5.74) is 1.58. The van der Waals surface area contributed by atoms with Crippen molar-refractivity contribution in [1.29, 1.82) is 0 Å². The van der Waals surface area contributed by atoms with Crippen LogP contribution in [-0.2, 0) is 0 Å². The molecule has 0 aliphatic rings. The third kappa shape index (κ3) is 10.0. The maximum Gasteiger partial charge on any atom is 2.00 e. The predicted octanol–water partition coefficient (Wildman–Crippen LogP) is -1.11. The van der Waals surface area contributed by atoms with Gasteiger partial charge < -0.3 is 23.4 Å². The van der Waals surface area contributed by atoms with Gasteiger partial charge in [-0.05, 0) is 6.92 Å². The van der Waals surface area contributed by atoms with Crippen LogP contribution in [0.1, 0.15) is 6.92 Å². The molecule has 0 nitrogen and oxygen atoms in total. The summed E-state index contributed by atoms with van der Waals surface area (Å²) in [6.45, 7) is 8.99. The van der Waals surface area contributed by atoms with Crippen molar-refractivity contribution < 1.29 is 17.0 Å². The molecule has 0 unspecified atom stereocenters. The minimum atomic E-state index is 0. The first-order valence-corrected chi connectivity index (χ1v) is 2.63. The number of hydrogen-bond acceptors (Lipinski definition) is 0. The summed E-state index contributed by atoms with van der Waals surface area (Å²) >= 11 is 0. The summed E-state index contributed by atoms with van der Waals surface area (Å²) in [6.07, 6.45) is 10.1. The van der Waals surface area contributed by atoms with Gasteiger partial charge in [-0.3, -0.25) is 5.92 Å². The van der Waals surface area contributed by atoms with E-state index in [0.29, 0.717) is 5.57 Å². The van der Waals surface area contributed by atoms with E-state index < -0.39 is 0 Å². The third-order valence-corrected chi connectivity index (χ3v) is 0.884. The van der Waals surface area contributed by atoms with Crippen molar-refractivity contribution in [3.05, 3.63) is 42.9 Å². The second-order valence-corrected chi connectivity index (χ2v) is 1.74. The van der Waals surface area contributed by atoms with Gasteiger partial charge in [0.25, 0.3) is 0 Å². The van der Waals surface area contributed by atoms with E-state index >= 15 is 0 Å². The predicted molar refractivity (Wildman–Crippen MR) is 46.0 cm³/mol. The summed E-state index contributed by atoms with van der Waals surface area (Å²) in [5, 5.41) is 0. The summed E-state index contributed by atoms with van der Waals surface area (Å²) in [5.74, 6) is 2.16. The van der Waals surface area contributed by atoms with Crippen molar-refractivity contribution in [3.8, 4) is 5.92 Å². The Morgan fingerprint density at radius 3 is 2.27 bits per heavy atom. The molecule has 54 valence electrons. The molecule has 0 N–H and O–H groups in total. The van der Waals surface area contributed by atoms with Crippen LogP contribution in [0.25, 0.3) is 0 Å². The minimum absolute atomic E-state index is 0. The zero-order valence-electron chi connectivity index (χ0n) is 6.65. The standard InChI is InChI=1S/C9H9.BrH.Mg/c1-5-8(3)7-9(4)6-2;;/h5,7H,1,4H2,3H3;1H;/q-1;;+2/p-1/b8-7-;;. The van der Waals surface area contributed by atoms with Gasteiger partial charge in [0, 0.05) is 0 Å². The smallest absolute Gasteiger partial charge is 1.00 e. The van der Waals surface area contributed by atoms with Crippen molar-refractivity contribution in [1.82, 2.24) is 0 Å². The Kier molecular flexibility index (Phi) is 15.7. The second-order valence-electron chi connectivity index (χ2n) is 1.74. The van der Waals surface area contributed by atoms with E-state index in [1.807, 2.05) is 6.92 Å². The molecular formula is C9H9BrMg. The average Bonchev–Trinajstić information content (AvgIpc) is 1.87. The molecule has 0 aromatic heterocycles. The van der Waals surface area contributed by atoms with E-state index in [4.69, 9.17) is 6.42 Å². The van der Waals surface area contributed by atoms with Gasteiger partial charge >= 0.3 is 23.1 Å². The van der Waals surface area contributed by atoms with E-state index in [9.17, 15) is 0 Å². The fourth-order valence-corrected chi connectivity index (χ4v) is 0.370. The molecule has 0 atom stereocenters. The first kappa shape index (κ1) is 17.2. The van der Waals surface area contributed by atoms with Crippen LogP contribution in [-0.4, -0.2) is 23.1 Å². The van der Waals surface area contributed by atoms with Gasteiger partial charge in [-0.25, -0.2) is 0 Å². The molecule has 0 aromatic carbocycles. The molecule has 11 heavy (non-hydrogen) atoms. The van der Waals surface area contributed by atoms with E-state index in [2.05, 4.69) is 19.1 Å². The van der Waals surface area contributed by atoms with Crippen LogP contribution in [0, 0.1) is 12.3 Å². The van der Waals surface area contributed by atoms with Gasteiger partial charge in [0.2, 0.25) is 0 Å². The average molecular weight is 221 g/mol. The zero-order chi connectivity index (χ0) is 7.28. The van der Waals surface area contributed by atoms with Gasteiger partial charge in [0.15, 0.2) is 0 Å². The Labute approximate surface area is 95.4 Å². The molecule has 0 aliphatic carbocycles. The Hall–Kier alpha value is 0.0262. The largest absolute Gasteiger partial charge is 2.00 e. The van der Waals surface area contributed by atoms with E-state index in [-0.39, 0.29) is 40.0 Å². The minimum Gasteiger partial charge on any atom is -1.00 e. The van der Waals surface area contributed by atoms with Crippen molar-refractivity contribution in [2.24, 2.45) is 0 Å². The van der Waals surface area contributed by atoms with Crippen molar-refractivity contribution in [2.75, 3.05) is 0 Å². The van der Waals surface area contributed by atoms with Crippen LogP contribution < -0.4 is 17.0 Å². The maximum absolute atomic E-state index is 6.65. The first-order chi connectivity index (χ1) is 4.20. The van der Waals surface area contributed by atoms with Gasteiger partial charge in [-0.1, -0.05) is 18.2 Å². The molecule has 0 saturated heterocycles. The second kappa shape index (κ2) is 10.0. The summed E-state index contributed by atoms with van der Waals surface area (Å²) in [7, 11) is 0. The molecule has 0 rings (SSSR count). The maximum atomic E-state index is 6.65. The summed E-state index contributed by atoms with van der Waals surface area (Å²) in [6, 6.07) is 0. The number of rotatable bonds is 2. The third-order valence-electron chi connectivity index (χ3n) is 0.884. The van der Waals surface area contributed by atoms with Crippen LogP contribution in [0.3, 0.4) is 0 Å². The zero-order valence-corrected chi connectivity index (χ0v) is 9.65. The summed E-state index contributed by atoms with van der Waals surface area (Å²) in [4.78, 5) is 0. The van der Waals surface area contributed by atoms with Crippen LogP contribution in [0.2, 0.25) is 0 Å². The Bertz CT molecular complexity index is 196. The van der Waals surface area contributed by atoms with Crippen LogP contribution in [0.5, 0.6) is 0 Å². The molecule has 0 aromatic rings. The Balaban J connectivity index is -0.000000320. The van der Waals surface area contributed by atoms with Crippen LogP contribution >= 0.6 is 0 Å². The van der Waals surface area contributed by atoms with Gasteiger partial charge in [-0.2, -0.15) is 6.58 Å². The topological polar surface area (TPSA) is 0 Å². The van der Waals surface area contributed by atoms with Crippen molar-refractivity contribution in [2.45, 2.75) is 6.92 Å². The van der Waals surface area contributed by atoms with Gasteiger partial charge in [0.1, 0.15) is 0 Å². The van der Waals surface area contributed by atoms with E-state index in [1.54, 1.807) is 12.2 Å². The number of halogens is 1. The van der Waals surface area contributed by atoms with Gasteiger partial charge in [-0.15, -0.1) is 11.6 Å². The molecule has 0 bridgehead atoms. The Morgan fingerprint density at radius 1 is 1.55 bits per heavy atom. The van der Waals surface area contributed by atoms with Crippen LogP contribution in [0.15, 0.2) is 36.5 Å². The normalized spacial score (nSPS) is 8.18. The quantitative estimate of drug-likeness (QED) is 0.240. The molecule has 0 fully saturated rings. The van der Waals surface area contributed by atoms with Crippen LogP contribution in [0.4, 0.5) is 0 Å². The SMILES string of the molecule is [Br-].[C-]#CC(=C)/C=C(/C)C=C.[Mg+2]. The fraction of sp³-hybridized carbons (Fsp3) is 0.111. The summed E-state index contributed by atoms with van der Waals surface area (Å²) < 4.78 is 0. The van der Waals surface area contributed by atoms with E-state index in [0.717, 1.165) is 5.57 Å². The fourth-order valence-electron chi connectivity index (χ4n) is 0.370. The molecule has 0 aliphatic heterocycles. The first-order valence-electron chi connectivity index (χ1n) is 2.63. The van der Waals surface area contributed by atoms with Crippen molar-refractivity contribution in [3.63, 3.8) is 0 Å². The molecular weight excluding hydrogens is 212 g/mol. The molecule has 2 heteroatoms. The number of hydrogen-bond donors (Lipinski definition) is 0. The number of allylic oxidation sites excluding steroid dienone is 4. The molecule has 0 spiro atoms. The molecule has 0 heterocycles. The van der Waals surface area contributed by atoms with Crippen molar-refractivity contribution >= 4 is 23.1 Å². The molecule has 0 amide bonds. The molecule has 0 radical (unpaired) electrons. The monoisotopic (exact) mass is 220 g/mol. The van der Waals surface area contributed by atoms with E-state index in [1.165, 1.54) is 0 Å². The Morgan fingerprint density at radius 2 is 2.00 bits per heavy atom. The van der Waals surface area contributed by atoms with Gasteiger partial charge in [0.05, 0.1) is 0 Å². The molecule has 0 saturated carbocycles.